The van der Waals surface area contributed by atoms with Gasteiger partial charge in [-0.05, 0) is 31.6 Å². The maximum absolute atomic E-state index is 4.12. The molecule has 0 bridgehead atoms. The van der Waals surface area contributed by atoms with E-state index in [-0.39, 0.29) is 0 Å². The molecular formula is C12H20N2S. The summed E-state index contributed by atoms with van der Waals surface area (Å²) >= 11 is 1.74. The van der Waals surface area contributed by atoms with Crippen molar-refractivity contribution in [1.29, 1.82) is 0 Å². The maximum Gasteiger partial charge on any atom is 0.0794 e. The quantitative estimate of drug-likeness (QED) is 0.829. The SMILES string of the molecule is CCC1(CNC(C)c2cncs2)CCC1. The summed E-state index contributed by atoms with van der Waals surface area (Å²) in [6, 6.07) is 0.460. The Bertz CT molecular complexity index is 285. The molecule has 1 N–H and O–H groups in total. The second-order valence-electron chi connectivity index (χ2n) is 4.71. The Kier molecular flexibility index (Phi) is 3.42. The van der Waals surface area contributed by atoms with E-state index in [1.807, 2.05) is 11.7 Å². The molecule has 1 aromatic heterocycles. The Morgan fingerprint density at radius 2 is 2.40 bits per heavy atom. The molecule has 15 heavy (non-hydrogen) atoms. The smallest absolute Gasteiger partial charge is 0.0794 e. The lowest BCUT2D eigenvalue weighted by molar-refractivity contribution is 0.120. The van der Waals surface area contributed by atoms with E-state index < -0.39 is 0 Å². The van der Waals surface area contributed by atoms with Crippen molar-refractivity contribution in [2.24, 2.45) is 5.41 Å². The molecule has 0 spiro atoms. The molecule has 0 saturated heterocycles. The van der Waals surface area contributed by atoms with Gasteiger partial charge in [-0.3, -0.25) is 4.98 Å². The summed E-state index contributed by atoms with van der Waals surface area (Å²) in [6.07, 6.45) is 7.53. The van der Waals surface area contributed by atoms with E-state index in [1.165, 1.54) is 37.1 Å². The predicted molar refractivity (Wildman–Crippen MR) is 65.1 cm³/mol. The van der Waals surface area contributed by atoms with Crippen molar-refractivity contribution in [3.05, 3.63) is 16.6 Å². The van der Waals surface area contributed by atoms with E-state index in [1.54, 1.807) is 11.3 Å². The molecule has 0 amide bonds. The van der Waals surface area contributed by atoms with Gasteiger partial charge in [-0.1, -0.05) is 13.3 Å². The zero-order valence-corrected chi connectivity index (χ0v) is 10.4. The molecule has 84 valence electrons. The van der Waals surface area contributed by atoms with E-state index in [4.69, 9.17) is 0 Å². The number of rotatable bonds is 5. The molecule has 1 heterocycles. The summed E-state index contributed by atoms with van der Waals surface area (Å²) in [7, 11) is 0. The van der Waals surface area contributed by atoms with Crippen molar-refractivity contribution in [2.45, 2.75) is 45.6 Å². The van der Waals surface area contributed by atoms with Crippen LogP contribution in [-0.4, -0.2) is 11.5 Å². The van der Waals surface area contributed by atoms with Gasteiger partial charge in [-0.25, -0.2) is 0 Å². The van der Waals surface area contributed by atoms with Gasteiger partial charge in [0.25, 0.3) is 0 Å². The van der Waals surface area contributed by atoms with Crippen molar-refractivity contribution in [1.82, 2.24) is 10.3 Å². The summed E-state index contributed by atoms with van der Waals surface area (Å²) in [4.78, 5) is 5.47. The fraction of sp³-hybridized carbons (Fsp3) is 0.750. The van der Waals surface area contributed by atoms with Gasteiger partial charge in [0.05, 0.1) is 5.51 Å². The van der Waals surface area contributed by atoms with Crippen LogP contribution in [0.15, 0.2) is 11.7 Å². The summed E-state index contributed by atoms with van der Waals surface area (Å²) in [5.41, 5.74) is 2.52. The van der Waals surface area contributed by atoms with Crippen LogP contribution in [-0.2, 0) is 0 Å². The Morgan fingerprint density at radius 3 is 2.87 bits per heavy atom. The van der Waals surface area contributed by atoms with E-state index in [0.29, 0.717) is 11.5 Å². The summed E-state index contributed by atoms with van der Waals surface area (Å²) < 4.78 is 0. The minimum absolute atomic E-state index is 0.460. The largest absolute Gasteiger partial charge is 0.309 e. The summed E-state index contributed by atoms with van der Waals surface area (Å²) in [5.74, 6) is 0. The van der Waals surface area contributed by atoms with Crippen LogP contribution in [0.25, 0.3) is 0 Å². The molecule has 1 saturated carbocycles. The fourth-order valence-corrected chi connectivity index (χ4v) is 2.89. The highest BCUT2D eigenvalue weighted by atomic mass is 32.1. The average Bonchev–Trinajstić information content (AvgIpc) is 2.69. The van der Waals surface area contributed by atoms with Gasteiger partial charge < -0.3 is 5.32 Å². The van der Waals surface area contributed by atoms with Gasteiger partial charge in [0.15, 0.2) is 0 Å². The van der Waals surface area contributed by atoms with Crippen LogP contribution in [0.5, 0.6) is 0 Å². The molecule has 1 unspecified atom stereocenters. The van der Waals surface area contributed by atoms with Crippen molar-refractivity contribution in [2.75, 3.05) is 6.54 Å². The van der Waals surface area contributed by atoms with Gasteiger partial charge in [0.2, 0.25) is 0 Å². The third kappa shape index (κ3) is 2.40. The number of nitrogens with zero attached hydrogens (tertiary/aromatic N) is 1. The Labute approximate surface area is 96.1 Å². The molecule has 2 nitrogen and oxygen atoms in total. The van der Waals surface area contributed by atoms with Gasteiger partial charge >= 0.3 is 0 Å². The monoisotopic (exact) mass is 224 g/mol. The van der Waals surface area contributed by atoms with Crippen molar-refractivity contribution >= 4 is 11.3 Å². The molecular weight excluding hydrogens is 204 g/mol. The average molecular weight is 224 g/mol. The molecule has 1 atom stereocenters. The first-order valence-electron chi connectivity index (χ1n) is 5.87. The standard InChI is InChI=1S/C12H20N2S/c1-3-12(5-4-6-12)8-14-10(2)11-7-13-9-15-11/h7,9-10,14H,3-6,8H2,1-2H3. The van der Waals surface area contributed by atoms with Crippen LogP contribution < -0.4 is 5.32 Å². The number of hydrogen-bond donors (Lipinski definition) is 1. The van der Waals surface area contributed by atoms with E-state index >= 15 is 0 Å². The van der Waals surface area contributed by atoms with E-state index in [0.717, 1.165) is 0 Å². The summed E-state index contributed by atoms with van der Waals surface area (Å²) in [6.45, 7) is 5.72. The molecule has 0 radical (unpaired) electrons. The Hall–Kier alpha value is -0.410. The zero-order valence-electron chi connectivity index (χ0n) is 9.62. The van der Waals surface area contributed by atoms with Crippen LogP contribution in [0.4, 0.5) is 0 Å². The first-order chi connectivity index (χ1) is 7.26. The van der Waals surface area contributed by atoms with E-state index in [2.05, 4.69) is 24.1 Å². The minimum Gasteiger partial charge on any atom is -0.309 e. The molecule has 3 heteroatoms. The molecule has 0 aromatic carbocycles. The lowest BCUT2D eigenvalue weighted by Crippen LogP contribution is -2.40. The van der Waals surface area contributed by atoms with Crippen LogP contribution in [0.1, 0.15) is 50.4 Å². The first kappa shape index (κ1) is 11.1. The Balaban J connectivity index is 1.82. The third-order valence-electron chi connectivity index (χ3n) is 3.83. The van der Waals surface area contributed by atoms with Gasteiger partial charge in [-0.15, -0.1) is 11.3 Å². The highest BCUT2D eigenvalue weighted by Crippen LogP contribution is 2.43. The number of aromatic nitrogens is 1. The van der Waals surface area contributed by atoms with Gasteiger partial charge in [-0.2, -0.15) is 0 Å². The van der Waals surface area contributed by atoms with Crippen LogP contribution in [0, 0.1) is 5.41 Å². The summed E-state index contributed by atoms with van der Waals surface area (Å²) in [5, 5.41) is 3.65. The molecule has 1 aromatic rings. The van der Waals surface area contributed by atoms with E-state index in [9.17, 15) is 0 Å². The topological polar surface area (TPSA) is 24.9 Å². The zero-order chi connectivity index (χ0) is 10.7. The third-order valence-corrected chi connectivity index (χ3v) is 4.78. The number of hydrogen-bond acceptors (Lipinski definition) is 3. The molecule has 1 aliphatic rings. The highest BCUT2D eigenvalue weighted by Gasteiger charge is 2.34. The second kappa shape index (κ2) is 4.62. The second-order valence-corrected chi connectivity index (χ2v) is 5.63. The number of thiazole rings is 1. The van der Waals surface area contributed by atoms with Crippen LogP contribution in [0.3, 0.4) is 0 Å². The Morgan fingerprint density at radius 1 is 1.60 bits per heavy atom. The van der Waals surface area contributed by atoms with Crippen molar-refractivity contribution < 1.29 is 0 Å². The van der Waals surface area contributed by atoms with Crippen molar-refractivity contribution in [3.8, 4) is 0 Å². The van der Waals surface area contributed by atoms with Crippen LogP contribution >= 0.6 is 11.3 Å². The fourth-order valence-electron chi connectivity index (χ4n) is 2.24. The number of nitrogens with one attached hydrogen (secondary N) is 1. The normalized spacial score (nSPS) is 20.9. The highest BCUT2D eigenvalue weighted by molar-refractivity contribution is 7.09. The molecule has 0 aliphatic heterocycles. The lowest BCUT2D eigenvalue weighted by Gasteiger charge is -2.42. The maximum atomic E-state index is 4.12. The van der Waals surface area contributed by atoms with Crippen molar-refractivity contribution in [3.63, 3.8) is 0 Å². The van der Waals surface area contributed by atoms with Gasteiger partial charge in [0, 0.05) is 23.7 Å². The first-order valence-corrected chi connectivity index (χ1v) is 6.75. The minimum atomic E-state index is 0.460. The lowest BCUT2D eigenvalue weighted by atomic mass is 9.67. The molecule has 2 rings (SSSR count). The predicted octanol–water partition coefficient (Wildman–Crippen LogP) is 3.37. The molecule has 1 fully saturated rings. The molecule has 1 aliphatic carbocycles. The van der Waals surface area contributed by atoms with Crippen LogP contribution in [0.2, 0.25) is 0 Å². The van der Waals surface area contributed by atoms with Gasteiger partial charge in [0.1, 0.15) is 0 Å².